The molecule has 0 aliphatic rings. The van der Waals surface area contributed by atoms with Gasteiger partial charge in [-0.2, -0.15) is 26.3 Å². The number of alkyl halides is 3. The molecule has 0 saturated carbocycles. The van der Waals surface area contributed by atoms with Crippen LogP contribution in [0, 0.1) is 0 Å². The fourth-order valence-electron chi connectivity index (χ4n) is 0.290. The number of halogens is 3. The molecule has 1 atom stereocenters. The van der Waals surface area contributed by atoms with Crippen LogP contribution in [0.4, 0.5) is 13.2 Å². The molecule has 0 fully saturated rings. The molecule has 0 amide bonds. The van der Waals surface area contributed by atoms with E-state index < -0.39 is 22.5 Å². The fraction of sp³-hybridized carbons (Fsp3) is 1.00. The predicted molar refractivity (Wildman–Crippen MR) is 31.3 cm³/mol. The minimum Gasteiger partial charge on any atom is -1.00 e. The summed E-state index contributed by atoms with van der Waals surface area (Å²) in [6.07, 6.45) is -4.68. The summed E-state index contributed by atoms with van der Waals surface area (Å²) in [5, 5.41) is 0. The normalized spacial score (nSPS) is 15.1. The Bertz CT molecular complexity index is 231. The van der Waals surface area contributed by atoms with Crippen LogP contribution in [0.15, 0.2) is 0 Å². The second kappa shape index (κ2) is 4.77. The largest absolute Gasteiger partial charge is 1.00 e. The number of hydrogen-bond donors (Lipinski definition) is 2. The first-order chi connectivity index (χ1) is 4.63. The summed E-state index contributed by atoms with van der Waals surface area (Å²) >= 11 is 0. The maximum atomic E-state index is 11.5. The molecule has 12 heavy (non-hydrogen) atoms. The third-order valence-electron chi connectivity index (χ3n) is 0.817. The zero-order chi connectivity index (χ0) is 9.28. The van der Waals surface area contributed by atoms with Gasteiger partial charge < -0.3 is 1.43 Å². The molecule has 9 heteroatoms. The van der Waals surface area contributed by atoms with E-state index in [2.05, 4.69) is 0 Å². The summed E-state index contributed by atoms with van der Waals surface area (Å²) in [5.41, 5.74) is 0. The van der Waals surface area contributed by atoms with Gasteiger partial charge in [-0.05, 0) is 6.92 Å². The van der Waals surface area contributed by atoms with Gasteiger partial charge in [-0.1, -0.05) is 0 Å². The molecule has 0 rings (SSSR count). The summed E-state index contributed by atoms with van der Waals surface area (Å²) < 4.78 is 63.2. The molecule has 0 aliphatic carbocycles. The molecule has 0 aliphatic heterocycles. The Morgan fingerprint density at radius 1 is 1.50 bits per heavy atom. The van der Waals surface area contributed by atoms with Crippen molar-refractivity contribution in [2.75, 3.05) is 0 Å². The summed E-state index contributed by atoms with van der Waals surface area (Å²) in [5.74, 6) is 0. The minimum absolute atomic E-state index is 0. The molecule has 70 valence electrons. The first-order valence-electron chi connectivity index (χ1n) is 2.44. The second-order valence-electron chi connectivity index (χ2n) is 1.86. The van der Waals surface area contributed by atoms with E-state index in [0.29, 0.717) is 6.92 Å². The smallest absolute Gasteiger partial charge is 1.00 e. The summed E-state index contributed by atoms with van der Waals surface area (Å²) in [6, 6.07) is -2.28. The number of rotatable bonds is 2. The van der Waals surface area contributed by atoms with E-state index in [9.17, 15) is 21.6 Å². The van der Waals surface area contributed by atoms with Gasteiger partial charge in [-0.25, -0.2) is 0 Å². The molecular formula is C3H7F3NNaO3S. The molecule has 0 spiro atoms. The van der Waals surface area contributed by atoms with Crippen LogP contribution in [-0.4, -0.2) is 25.2 Å². The van der Waals surface area contributed by atoms with Gasteiger partial charge in [0.2, 0.25) is 0 Å². The van der Waals surface area contributed by atoms with Crippen molar-refractivity contribution in [3.63, 3.8) is 0 Å². The predicted octanol–water partition coefficient (Wildman–Crippen LogP) is -2.55. The van der Waals surface area contributed by atoms with Crippen LogP contribution in [0.1, 0.15) is 8.35 Å². The van der Waals surface area contributed by atoms with E-state index >= 15 is 0 Å². The van der Waals surface area contributed by atoms with E-state index in [1.807, 2.05) is 0 Å². The van der Waals surface area contributed by atoms with Crippen molar-refractivity contribution in [2.24, 2.45) is 0 Å². The molecule has 0 aromatic rings. The average Bonchev–Trinajstić information content (AvgIpc) is 1.56. The fourth-order valence-corrected chi connectivity index (χ4v) is 0.871. The van der Waals surface area contributed by atoms with Gasteiger partial charge in [0.25, 0.3) is 0 Å². The van der Waals surface area contributed by atoms with Crippen molar-refractivity contribution in [3.05, 3.63) is 0 Å². The molecule has 0 saturated heterocycles. The van der Waals surface area contributed by atoms with Crippen molar-refractivity contribution in [1.82, 2.24) is 4.72 Å². The van der Waals surface area contributed by atoms with Gasteiger partial charge in [-0.3, -0.25) is 4.55 Å². The quantitative estimate of drug-likeness (QED) is 0.395. The Hall–Kier alpha value is 0.660. The molecule has 4 nitrogen and oxygen atoms in total. The van der Waals surface area contributed by atoms with Crippen molar-refractivity contribution in [3.8, 4) is 0 Å². The third kappa shape index (κ3) is 7.32. The van der Waals surface area contributed by atoms with Gasteiger partial charge in [0.15, 0.2) is 0 Å². The van der Waals surface area contributed by atoms with Crippen LogP contribution in [0.5, 0.6) is 0 Å². The zero-order valence-corrected chi connectivity index (χ0v) is 9.20. The van der Waals surface area contributed by atoms with Gasteiger partial charge in [-0.15, -0.1) is 0 Å². The summed E-state index contributed by atoms with van der Waals surface area (Å²) in [7, 11) is -4.78. The van der Waals surface area contributed by atoms with Crippen LogP contribution in [0.3, 0.4) is 0 Å². The molecule has 0 heterocycles. The van der Waals surface area contributed by atoms with Crippen LogP contribution in [0.2, 0.25) is 0 Å². The Morgan fingerprint density at radius 3 is 1.92 bits per heavy atom. The van der Waals surface area contributed by atoms with E-state index in [-0.39, 0.29) is 31.0 Å². The van der Waals surface area contributed by atoms with Gasteiger partial charge in [0.1, 0.15) is 6.04 Å². The maximum absolute atomic E-state index is 11.5. The van der Waals surface area contributed by atoms with E-state index in [4.69, 9.17) is 4.55 Å². The van der Waals surface area contributed by atoms with E-state index in [0.717, 1.165) is 4.72 Å². The van der Waals surface area contributed by atoms with Crippen molar-refractivity contribution in [1.29, 1.82) is 0 Å². The standard InChI is InChI=1S/C3H6F3NO3S.Na.H/c1-2(3(4,5)6)7-11(8,9)10;;/h2,7H,1H3,(H,8,9,10);;/q;+1;-1. The Balaban J connectivity index is -0.000000500. The summed E-state index contributed by atoms with van der Waals surface area (Å²) in [6.45, 7) is 0.577. The molecule has 0 bridgehead atoms. The monoisotopic (exact) mass is 217 g/mol. The first-order valence-corrected chi connectivity index (χ1v) is 3.88. The average molecular weight is 217 g/mol. The molecular weight excluding hydrogens is 210 g/mol. The van der Waals surface area contributed by atoms with Crippen molar-refractivity contribution >= 4 is 10.3 Å². The molecule has 0 aromatic carbocycles. The first kappa shape index (κ1) is 15.1. The van der Waals surface area contributed by atoms with E-state index in [1.165, 1.54) is 0 Å². The third-order valence-corrected chi connectivity index (χ3v) is 1.47. The Labute approximate surface area is 91.2 Å². The van der Waals surface area contributed by atoms with Crippen LogP contribution in [-0.2, 0) is 10.3 Å². The SMILES string of the molecule is CC(NS(=O)(=O)O)C(F)(F)F.[H-].[Na+]. The van der Waals surface area contributed by atoms with Crippen molar-refractivity contribution < 1.29 is 57.1 Å². The molecule has 1 unspecified atom stereocenters. The molecule has 0 radical (unpaired) electrons. The van der Waals surface area contributed by atoms with Crippen LogP contribution >= 0.6 is 0 Å². The van der Waals surface area contributed by atoms with Gasteiger partial charge in [0, 0.05) is 0 Å². The number of hydrogen-bond acceptors (Lipinski definition) is 2. The van der Waals surface area contributed by atoms with Gasteiger partial charge in [0.05, 0.1) is 0 Å². The number of nitrogens with one attached hydrogen (secondary N) is 1. The molecule has 2 N–H and O–H groups in total. The topological polar surface area (TPSA) is 66.4 Å². The summed E-state index contributed by atoms with van der Waals surface area (Å²) in [4.78, 5) is 0. The Morgan fingerprint density at radius 2 is 1.83 bits per heavy atom. The molecule has 0 aromatic heterocycles. The van der Waals surface area contributed by atoms with Gasteiger partial charge >= 0.3 is 46.0 Å². The second-order valence-corrected chi connectivity index (χ2v) is 3.04. The Kier molecular flexibility index (Phi) is 6.03. The van der Waals surface area contributed by atoms with Crippen LogP contribution in [0.25, 0.3) is 0 Å². The van der Waals surface area contributed by atoms with Crippen molar-refractivity contribution in [2.45, 2.75) is 19.1 Å². The minimum atomic E-state index is -4.78. The van der Waals surface area contributed by atoms with Crippen LogP contribution < -0.4 is 34.3 Å². The zero-order valence-electron chi connectivity index (χ0n) is 7.38. The maximum Gasteiger partial charge on any atom is 1.00 e. The van der Waals surface area contributed by atoms with E-state index in [1.54, 1.807) is 0 Å².